The Labute approximate surface area is 92.8 Å². The summed E-state index contributed by atoms with van der Waals surface area (Å²) in [5, 5.41) is 0. The summed E-state index contributed by atoms with van der Waals surface area (Å²) in [7, 11) is 0. The normalized spacial score (nSPS) is 21.3. The van der Waals surface area contributed by atoms with Crippen molar-refractivity contribution < 1.29 is 9.53 Å². The molecule has 0 unspecified atom stereocenters. The van der Waals surface area contributed by atoms with Crippen LogP contribution >= 0.6 is 0 Å². The van der Waals surface area contributed by atoms with Crippen molar-refractivity contribution in [1.29, 1.82) is 0 Å². The minimum atomic E-state index is -0.626. The molecule has 1 aliphatic rings. The van der Waals surface area contributed by atoms with Gasteiger partial charge in [0.15, 0.2) is 0 Å². The molecule has 1 amide bonds. The molecule has 0 aromatic rings. The van der Waals surface area contributed by atoms with Gasteiger partial charge in [0, 0.05) is 13.1 Å². The van der Waals surface area contributed by atoms with Crippen LogP contribution in [0.25, 0.3) is 0 Å². The second-order valence-corrected chi connectivity index (χ2v) is 5.20. The summed E-state index contributed by atoms with van der Waals surface area (Å²) in [6.45, 7) is 18.2. The quantitative estimate of drug-likeness (QED) is 0.613. The van der Waals surface area contributed by atoms with Crippen LogP contribution in [0.4, 0.5) is 4.79 Å². The number of nitrogens with zero attached hydrogens (tertiary/aromatic N) is 1. The van der Waals surface area contributed by atoms with Crippen LogP contribution in [-0.2, 0) is 4.74 Å². The van der Waals surface area contributed by atoms with Crippen molar-refractivity contribution in [3.63, 3.8) is 0 Å². The third-order valence-corrected chi connectivity index (χ3v) is 2.35. The van der Waals surface area contributed by atoms with Crippen molar-refractivity contribution in [2.45, 2.75) is 39.2 Å². The molecule has 1 rings (SSSR count). The van der Waals surface area contributed by atoms with Gasteiger partial charge in [0.1, 0.15) is 5.60 Å². The van der Waals surface area contributed by atoms with Gasteiger partial charge in [-0.1, -0.05) is 0 Å². The van der Waals surface area contributed by atoms with Gasteiger partial charge >= 0.3 is 6.09 Å². The SMILES string of the molecule is [CH]C1([CH])CCN(C(=O)OC(C)(C)C)CC1. The molecule has 1 aliphatic heterocycles. The van der Waals surface area contributed by atoms with Gasteiger partial charge in [-0.2, -0.15) is 0 Å². The molecule has 0 N–H and O–H groups in total. The number of amides is 1. The first-order valence-corrected chi connectivity index (χ1v) is 5.25. The number of hydrogen-bond donors (Lipinski definition) is 0. The van der Waals surface area contributed by atoms with Crippen molar-refractivity contribution in [2.24, 2.45) is 5.41 Å². The molecule has 84 valence electrons. The minimum absolute atomic E-state index is 0.280. The van der Waals surface area contributed by atoms with Gasteiger partial charge in [-0.05, 0) is 52.9 Å². The van der Waals surface area contributed by atoms with Gasteiger partial charge in [0.2, 0.25) is 0 Å². The first-order valence-electron chi connectivity index (χ1n) is 5.25. The van der Waals surface area contributed by atoms with Crippen LogP contribution in [0.15, 0.2) is 0 Å². The Morgan fingerprint density at radius 2 is 1.73 bits per heavy atom. The predicted octanol–water partition coefficient (Wildman–Crippen LogP) is 2.43. The van der Waals surface area contributed by atoms with Crippen LogP contribution in [0.3, 0.4) is 0 Å². The molecule has 3 nitrogen and oxygen atoms in total. The van der Waals surface area contributed by atoms with E-state index < -0.39 is 11.0 Å². The molecule has 1 heterocycles. The topological polar surface area (TPSA) is 29.5 Å². The van der Waals surface area contributed by atoms with Gasteiger partial charge in [0.05, 0.1) is 0 Å². The van der Waals surface area contributed by atoms with E-state index in [-0.39, 0.29) is 6.09 Å². The Hall–Kier alpha value is -0.730. The van der Waals surface area contributed by atoms with Crippen LogP contribution in [0.1, 0.15) is 33.6 Å². The first-order chi connectivity index (χ1) is 6.70. The lowest BCUT2D eigenvalue weighted by molar-refractivity contribution is 0.0167. The highest BCUT2D eigenvalue weighted by atomic mass is 16.6. The van der Waals surface area contributed by atoms with Crippen molar-refractivity contribution in [3.8, 4) is 0 Å². The summed E-state index contributed by atoms with van der Waals surface area (Å²) in [5.41, 5.74) is -1.07. The van der Waals surface area contributed by atoms with Crippen LogP contribution in [0, 0.1) is 19.3 Å². The van der Waals surface area contributed by atoms with Crippen LogP contribution in [-0.4, -0.2) is 29.7 Å². The molecule has 0 aromatic heterocycles. The van der Waals surface area contributed by atoms with E-state index in [1.807, 2.05) is 20.8 Å². The maximum absolute atomic E-state index is 11.6. The Balaban J connectivity index is 2.44. The molecule has 0 aromatic carbocycles. The molecule has 1 saturated heterocycles. The monoisotopic (exact) mass is 209 g/mol. The number of piperidine rings is 1. The molecule has 0 bridgehead atoms. The van der Waals surface area contributed by atoms with E-state index >= 15 is 0 Å². The molecular formula is C12H19NO2. The molecule has 0 atom stereocenters. The molecule has 3 heteroatoms. The molecule has 0 aliphatic carbocycles. The summed E-state index contributed by atoms with van der Waals surface area (Å²) in [4.78, 5) is 13.3. The average molecular weight is 209 g/mol. The Kier molecular flexibility index (Phi) is 3.31. The van der Waals surface area contributed by atoms with E-state index in [1.165, 1.54) is 0 Å². The number of carbonyl (C=O) groups is 1. The lowest BCUT2D eigenvalue weighted by atomic mass is 9.83. The van der Waals surface area contributed by atoms with Crippen molar-refractivity contribution in [3.05, 3.63) is 13.8 Å². The number of likely N-dealkylation sites (tertiary alicyclic amines) is 1. The van der Waals surface area contributed by atoms with Gasteiger partial charge < -0.3 is 9.64 Å². The summed E-state index contributed by atoms with van der Waals surface area (Å²) in [6, 6.07) is 0. The lowest BCUT2D eigenvalue weighted by Crippen LogP contribution is -2.43. The Morgan fingerprint density at radius 3 is 2.13 bits per heavy atom. The molecule has 0 saturated carbocycles. The van der Waals surface area contributed by atoms with E-state index in [0.717, 1.165) is 0 Å². The highest BCUT2D eigenvalue weighted by Crippen LogP contribution is 2.29. The maximum Gasteiger partial charge on any atom is 0.410 e. The largest absolute Gasteiger partial charge is 0.444 e. The standard InChI is InChI=1S/C12H19NO2/c1-11(2,3)15-10(14)13-8-6-12(4,5)7-9-13/h4-5H,6-9H2,1-3H3. The second kappa shape index (κ2) is 4.03. The van der Waals surface area contributed by atoms with Gasteiger partial charge in [-0.15, -0.1) is 0 Å². The van der Waals surface area contributed by atoms with Crippen LogP contribution < -0.4 is 0 Å². The first kappa shape index (κ1) is 12.3. The fourth-order valence-electron chi connectivity index (χ4n) is 1.43. The fraction of sp³-hybridized carbons (Fsp3) is 0.750. The number of rotatable bonds is 0. The zero-order chi connectivity index (χ0) is 11.7. The van der Waals surface area contributed by atoms with E-state index in [0.29, 0.717) is 25.9 Å². The van der Waals surface area contributed by atoms with Gasteiger partial charge in [0.25, 0.3) is 0 Å². The van der Waals surface area contributed by atoms with Gasteiger partial charge in [-0.25, -0.2) is 4.79 Å². The summed E-state index contributed by atoms with van der Waals surface area (Å²) in [5.74, 6) is 0. The summed E-state index contributed by atoms with van der Waals surface area (Å²) >= 11 is 0. The van der Waals surface area contributed by atoms with Crippen molar-refractivity contribution in [2.75, 3.05) is 13.1 Å². The molecular weight excluding hydrogens is 190 g/mol. The Bertz CT molecular complexity index is 230. The predicted molar refractivity (Wildman–Crippen MR) is 58.1 cm³/mol. The minimum Gasteiger partial charge on any atom is -0.444 e. The van der Waals surface area contributed by atoms with E-state index in [4.69, 9.17) is 18.6 Å². The fourth-order valence-corrected chi connectivity index (χ4v) is 1.43. The van der Waals surface area contributed by atoms with Gasteiger partial charge in [-0.3, -0.25) is 0 Å². The second-order valence-electron chi connectivity index (χ2n) is 5.20. The third-order valence-electron chi connectivity index (χ3n) is 2.35. The molecule has 4 radical (unpaired) electrons. The van der Waals surface area contributed by atoms with E-state index in [2.05, 4.69) is 0 Å². The molecule has 0 spiro atoms. The number of carbonyl (C=O) groups excluding carboxylic acids is 1. The zero-order valence-corrected chi connectivity index (χ0v) is 9.75. The van der Waals surface area contributed by atoms with E-state index in [1.54, 1.807) is 4.90 Å². The number of hydrogen-bond acceptors (Lipinski definition) is 2. The highest BCUT2D eigenvalue weighted by molar-refractivity contribution is 5.68. The average Bonchev–Trinajstić information content (AvgIpc) is 2.00. The lowest BCUT2D eigenvalue weighted by Gasteiger charge is -2.37. The van der Waals surface area contributed by atoms with Crippen LogP contribution in [0.2, 0.25) is 0 Å². The number of ether oxygens (including phenoxy) is 1. The van der Waals surface area contributed by atoms with Crippen LogP contribution in [0.5, 0.6) is 0 Å². The summed E-state index contributed by atoms with van der Waals surface area (Å²) < 4.78 is 5.25. The van der Waals surface area contributed by atoms with Crippen molar-refractivity contribution >= 4 is 6.09 Å². The van der Waals surface area contributed by atoms with E-state index in [9.17, 15) is 4.79 Å². The zero-order valence-electron chi connectivity index (χ0n) is 9.75. The third kappa shape index (κ3) is 4.10. The molecule has 1 fully saturated rings. The smallest absolute Gasteiger partial charge is 0.410 e. The highest BCUT2D eigenvalue weighted by Gasteiger charge is 2.30. The molecule has 15 heavy (non-hydrogen) atoms. The Morgan fingerprint density at radius 1 is 1.27 bits per heavy atom. The maximum atomic E-state index is 11.6. The van der Waals surface area contributed by atoms with Crippen molar-refractivity contribution in [1.82, 2.24) is 4.90 Å². The summed E-state index contributed by atoms with van der Waals surface area (Å²) in [6.07, 6.45) is 0.955.